The van der Waals surface area contributed by atoms with Gasteiger partial charge in [0, 0.05) is 0 Å². The first-order chi connectivity index (χ1) is 8.18. The lowest BCUT2D eigenvalue weighted by atomic mass is 10.1. The van der Waals surface area contributed by atoms with Gasteiger partial charge in [0.1, 0.15) is 5.69 Å². The molecule has 9 heteroatoms. The number of nitrogens with zero attached hydrogens (tertiary/aromatic N) is 1. The maximum atomic E-state index is 13.2. The summed E-state index contributed by atoms with van der Waals surface area (Å²) in [6, 6.07) is 0.223. The lowest BCUT2D eigenvalue weighted by Gasteiger charge is -2.11. The molecule has 100 valence electrons. The molecule has 1 aromatic heterocycles. The smallest absolute Gasteiger partial charge is 0.436 e. The summed E-state index contributed by atoms with van der Waals surface area (Å²) in [5.41, 5.74) is -4.78. The number of halogens is 6. The fourth-order valence-electron chi connectivity index (χ4n) is 1.10. The van der Waals surface area contributed by atoms with Crippen molar-refractivity contribution >= 4 is 5.97 Å². The summed E-state index contributed by atoms with van der Waals surface area (Å²) >= 11 is 0. The zero-order chi connectivity index (χ0) is 14.1. The average molecular weight is 273 g/mol. The van der Waals surface area contributed by atoms with Crippen LogP contribution in [0.2, 0.25) is 0 Å². The van der Waals surface area contributed by atoms with E-state index in [1.165, 1.54) is 0 Å². The molecule has 1 aromatic rings. The molecule has 0 unspecified atom stereocenters. The number of pyridine rings is 1. The van der Waals surface area contributed by atoms with E-state index in [0.717, 1.165) is 7.11 Å². The van der Waals surface area contributed by atoms with Crippen LogP contribution < -0.4 is 0 Å². The number of esters is 1. The van der Waals surface area contributed by atoms with E-state index in [-0.39, 0.29) is 6.07 Å². The summed E-state index contributed by atoms with van der Waals surface area (Å²) in [6.07, 6.45) is -8.81. The van der Waals surface area contributed by atoms with E-state index in [9.17, 15) is 31.1 Å². The van der Waals surface area contributed by atoms with Crippen molar-refractivity contribution in [2.75, 3.05) is 7.11 Å². The van der Waals surface area contributed by atoms with Crippen LogP contribution in [0.1, 0.15) is 28.2 Å². The van der Waals surface area contributed by atoms with E-state index >= 15 is 0 Å². The molecule has 18 heavy (non-hydrogen) atoms. The Morgan fingerprint density at radius 2 is 1.94 bits per heavy atom. The monoisotopic (exact) mass is 273 g/mol. The highest BCUT2D eigenvalue weighted by molar-refractivity contribution is 5.87. The molecular formula is C9H5F6NO2. The predicted molar refractivity (Wildman–Crippen MR) is 45.5 cm³/mol. The summed E-state index contributed by atoms with van der Waals surface area (Å²) in [4.78, 5) is 13.6. The third kappa shape index (κ3) is 2.71. The minimum Gasteiger partial charge on any atom is -0.464 e. The van der Waals surface area contributed by atoms with Crippen LogP contribution in [0.3, 0.4) is 0 Å². The molecule has 0 atom stereocenters. The van der Waals surface area contributed by atoms with Crippen LogP contribution in [-0.2, 0) is 10.9 Å². The average Bonchev–Trinajstić information content (AvgIpc) is 2.26. The molecule has 0 fully saturated rings. The van der Waals surface area contributed by atoms with Gasteiger partial charge in [0.15, 0.2) is 11.5 Å². The van der Waals surface area contributed by atoms with Crippen molar-refractivity contribution in [3.63, 3.8) is 0 Å². The summed E-state index contributed by atoms with van der Waals surface area (Å²) < 4.78 is 78.9. The van der Waals surface area contributed by atoms with Gasteiger partial charge < -0.3 is 4.74 Å². The normalized spacial score (nSPS) is 11.8. The topological polar surface area (TPSA) is 39.2 Å². The van der Waals surface area contributed by atoms with Crippen molar-refractivity contribution in [2.24, 2.45) is 0 Å². The highest BCUT2D eigenvalue weighted by Crippen LogP contribution is 2.34. The lowest BCUT2D eigenvalue weighted by Crippen LogP contribution is -2.17. The van der Waals surface area contributed by atoms with Crippen molar-refractivity contribution in [3.05, 3.63) is 28.8 Å². The molecule has 0 N–H and O–H groups in total. The third-order valence-electron chi connectivity index (χ3n) is 1.88. The first-order valence-electron chi connectivity index (χ1n) is 4.32. The van der Waals surface area contributed by atoms with Crippen molar-refractivity contribution in [3.8, 4) is 0 Å². The molecule has 0 aromatic carbocycles. The van der Waals surface area contributed by atoms with Gasteiger partial charge in [-0.15, -0.1) is 0 Å². The first-order valence-corrected chi connectivity index (χ1v) is 4.32. The van der Waals surface area contributed by atoms with Crippen LogP contribution in [0.15, 0.2) is 6.07 Å². The molecule has 0 saturated carbocycles. The number of methoxy groups -OCH3 is 1. The Hall–Kier alpha value is -1.80. The number of aromatic nitrogens is 1. The lowest BCUT2D eigenvalue weighted by molar-refractivity contribution is -0.144. The molecule has 3 nitrogen and oxygen atoms in total. The quantitative estimate of drug-likeness (QED) is 0.614. The first kappa shape index (κ1) is 14.3. The molecule has 0 amide bonds. The zero-order valence-electron chi connectivity index (χ0n) is 8.69. The van der Waals surface area contributed by atoms with Gasteiger partial charge in [-0.1, -0.05) is 0 Å². The fraction of sp³-hybridized carbons (Fsp3) is 0.333. The summed E-state index contributed by atoms with van der Waals surface area (Å²) in [6.45, 7) is 0. The van der Waals surface area contributed by atoms with Gasteiger partial charge in [0.2, 0.25) is 0 Å². The SMILES string of the molecule is COC(=O)c1cc(C(F)F)c(F)c(C(F)(F)F)n1. The number of hydrogen-bond acceptors (Lipinski definition) is 3. The Morgan fingerprint density at radius 1 is 1.39 bits per heavy atom. The van der Waals surface area contributed by atoms with Crippen LogP contribution in [-0.4, -0.2) is 18.1 Å². The van der Waals surface area contributed by atoms with E-state index in [4.69, 9.17) is 0 Å². The zero-order valence-corrected chi connectivity index (χ0v) is 8.69. The molecule has 0 aliphatic carbocycles. The Balaban J connectivity index is 3.52. The standard InChI is InChI=1S/C9H5F6NO2/c1-18-8(17)4-2-3(7(11)12)5(10)6(16-4)9(13,14)15/h2,7H,1H3. The molecule has 0 aliphatic heterocycles. The van der Waals surface area contributed by atoms with Crippen LogP contribution in [0.25, 0.3) is 0 Å². The Labute approximate surface area is 96.4 Å². The highest BCUT2D eigenvalue weighted by Gasteiger charge is 2.39. The highest BCUT2D eigenvalue weighted by atomic mass is 19.4. The van der Waals surface area contributed by atoms with Gasteiger partial charge in [0.05, 0.1) is 12.7 Å². The van der Waals surface area contributed by atoms with Gasteiger partial charge in [0.25, 0.3) is 6.43 Å². The third-order valence-corrected chi connectivity index (χ3v) is 1.88. The molecular weight excluding hydrogens is 268 g/mol. The minimum atomic E-state index is -5.29. The summed E-state index contributed by atoms with van der Waals surface area (Å²) in [5, 5.41) is 0. The van der Waals surface area contributed by atoms with Crippen LogP contribution in [0, 0.1) is 5.82 Å². The largest absolute Gasteiger partial charge is 0.464 e. The molecule has 0 spiro atoms. The predicted octanol–water partition coefficient (Wildman–Crippen LogP) is 2.96. The number of hydrogen-bond donors (Lipinski definition) is 0. The summed E-state index contributed by atoms with van der Waals surface area (Å²) in [7, 11) is 0.822. The molecule has 0 bridgehead atoms. The van der Waals surface area contributed by atoms with Gasteiger partial charge in [-0.05, 0) is 6.07 Å². The Morgan fingerprint density at radius 3 is 2.33 bits per heavy atom. The Kier molecular flexibility index (Phi) is 3.82. The van der Waals surface area contributed by atoms with E-state index in [1.807, 2.05) is 0 Å². The van der Waals surface area contributed by atoms with Crippen molar-refractivity contribution in [2.45, 2.75) is 12.6 Å². The maximum absolute atomic E-state index is 13.2. The van der Waals surface area contributed by atoms with Gasteiger partial charge in [-0.25, -0.2) is 22.9 Å². The van der Waals surface area contributed by atoms with E-state index in [2.05, 4.69) is 9.72 Å². The van der Waals surface area contributed by atoms with Crippen LogP contribution >= 0.6 is 0 Å². The second kappa shape index (κ2) is 4.83. The van der Waals surface area contributed by atoms with E-state index < -0.39 is 41.3 Å². The molecule has 0 radical (unpaired) electrons. The molecule has 1 rings (SSSR count). The van der Waals surface area contributed by atoms with Crippen molar-refractivity contribution < 1.29 is 35.9 Å². The molecule has 1 heterocycles. The number of ether oxygens (including phenoxy) is 1. The fourth-order valence-corrected chi connectivity index (χ4v) is 1.10. The van der Waals surface area contributed by atoms with Crippen molar-refractivity contribution in [1.82, 2.24) is 4.98 Å². The molecule has 0 saturated heterocycles. The minimum absolute atomic E-state index is 0.223. The second-order valence-electron chi connectivity index (χ2n) is 3.05. The Bertz CT molecular complexity index is 471. The van der Waals surface area contributed by atoms with E-state index in [0.29, 0.717) is 0 Å². The van der Waals surface area contributed by atoms with Gasteiger partial charge >= 0.3 is 12.1 Å². The number of rotatable bonds is 2. The number of carbonyl (C=O) groups is 1. The van der Waals surface area contributed by atoms with Crippen LogP contribution in [0.5, 0.6) is 0 Å². The maximum Gasteiger partial charge on any atom is 0.436 e. The van der Waals surface area contributed by atoms with Gasteiger partial charge in [-0.3, -0.25) is 0 Å². The summed E-state index contributed by atoms with van der Waals surface area (Å²) in [5.74, 6) is -3.58. The molecule has 0 aliphatic rings. The van der Waals surface area contributed by atoms with Gasteiger partial charge in [-0.2, -0.15) is 13.2 Å². The van der Waals surface area contributed by atoms with Crippen LogP contribution in [0.4, 0.5) is 26.3 Å². The number of alkyl halides is 5. The number of carbonyl (C=O) groups excluding carboxylic acids is 1. The second-order valence-corrected chi connectivity index (χ2v) is 3.05. The van der Waals surface area contributed by atoms with E-state index in [1.54, 1.807) is 0 Å². The van der Waals surface area contributed by atoms with Crippen molar-refractivity contribution in [1.29, 1.82) is 0 Å².